The predicted octanol–water partition coefficient (Wildman–Crippen LogP) is 3.84. The fraction of sp³-hybridized carbons (Fsp3) is 0.176. The van der Waals surface area contributed by atoms with E-state index in [-0.39, 0.29) is 0 Å². The molecule has 0 aliphatic heterocycles. The first kappa shape index (κ1) is 14.5. The van der Waals surface area contributed by atoms with Crippen molar-refractivity contribution in [3.63, 3.8) is 0 Å². The number of aromatic nitrogens is 1. The van der Waals surface area contributed by atoms with Gasteiger partial charge in [0.05, 0.1) is 11.9 Å². The summed E-state index contributed by atoms with van der Waals surface area (Å²) < 4.78 is 7.37. The van der Waals surface area contributed by atoms with Crippen molar-refractivity contribution in [1.29, 1.82) is 0 Å². The molecule has 5 heteroatoms. The molecule has 2 heterocycles. The van der Waals surface area contributed by atoms with Crippen LogP contribution in [0.4, 0.5) is 0 Å². The maximum Gasteiger partial charge on any atom is 0.205 e. The molecule has 0 saturated heterocycles. The third kappa shape index (κ3) is 2.94. The first-order chi connectivity index (χ1) is 10.7. The Balaban J connectivity index is 2.04. The second-order valence-electron chi connectivity index (χ2n) is 5.00. The molecule has 0 aliphatic carbocycles. The van der Waals surface area contributed by atoms with Crippen LogP contribution < -0.4 is 4.80 Å². The molecule has 0 N–H and O–H groups in total. The normalized spacial score (nSPS) is 12.4. The quantitative estimate of drug-likeness (QED) is 0.678. The fourth-order valence-corrected chi connectivity index (χ4v) is 2.93. The zero-order chi connectivity index (χ0) is 15.5. The molecule has 2 aromatic heterocycles. The van der Waals surface area contributed by atoms with Crippen LogP contribution in [0.1, 0.15) is 17.1 Å². The average molecular weight is 311 g/mol. The van der Waals surface area contributed by atoms with Crippen LogP contribution in [0.2, 0.25) is 0 Å². The van der Waals surface area contributed by atoms with Gasteiger partial charge in [0.15, 0.2) is 0 Å². The van der Waals surface area contributed by atoms with E-state index < -0.39 is 0 Å². The van der Waals surface area contributed by atoms with Crippen LogP contribution in [0.5, 0.6) is 0 Å². The van der Waals surface area contributed by atoms with Crippen molar-refractivity contribution in [2.75, 3.05) is 7.05 Å². The standard InChI is InChI=1S/C17H17N3OS/c1-12-4-7-14(8-5-12)16-11-22-17(18-3)20(16)19-10-15-9-6-13(2)21-15/h4-11H,1-3H3. The number of benzene rings is 1. The topological polar surface area (TPSA) is 42.8 Å². The average Bonchev–Trinajstić information content (AvgIpc) is 3.11. The lowest BCUT2D eigenvalue weighted by molar-refractivity contribution is 0.527. The van der Waals surface area contributed by atoms with Crippen LogP contribution in [-0.2, 0) is 0 Å². The van der Waals surface area contributed by atoms with Gasteiger partial charge in [0.1, 0.15) is 11.5 Å². The van der Waals surface area contributed by atoms with E-state index in [0.29, 0.717) is 0 Å². The third-order valence-corrected chi connectivity index (χ3v) is 4.19. The number of aryl methyl sites for hydroxylation is 2. The SMILES string of the molecule is CN=c1scc(-c2ccc(C)cc2)n1N=Cc1ccc(C)o1. The molecular weight excluding hydrogens is 294 g/mol. The van der Waals surface area contributed by atoms with E-state index in [9.17, 15) is 0 Å². The molecule has 0 spiro atoms. The van der Waals surface area contributed by atoms with Gasteiger partial charge in [0.2, 0.25) is 4.80 Å². The molecular formula is C17H17N3OS. The summed E-state index contributed by atoms with van der Waals surface area (Å²) in [6, 6.07) is 12.2. The number of hydrogen-bond donors (Lipinski definition) is 0. The Labute approximate surface area is 133 Å². The molecule has 0 fully saturated rings. The summed E-state index contributed by atoms with van der Waals surface area (Å²) in [5.41, 5.74) is 3.37. The number of rotatable bonds is 3. The Bertz CT molecular complexity index is 866. The summed E-state index contributed by atoms with van der Waals surface area (Å²) >= 11 is 1.57. The smallest absolute Gasteiger partial charge is 0.205 e. The van der Waals surface area contributed by atoms with E-state index >= 15 is 0 Å². The monoisotopic (exact) mass is 311 g/mol. The molecule has 112 valence electrons. The van der Waals surface area contributed by atoms with Crippen LogP contribution in [0, 0.1) is 13.8 Å². The molecule has 0 radical (unpaired) electrons. The van der Waals surface area contributed by atoms with Gasteiger partial charge in [-0.25, -0.2) is 4.68 Å². The van der Waals surface area contributed by atoms with Crippen LogP contribution in [0.25, 0.3) is 11.3 Å². The maximum absolute atomic E-state index is 5.53. The zero-order valence-electron chi connectivity index (χ0n) is 12.8. The summed E-state index contributed by atoms with van der Waals surface area (Å²) in [7, 11) is 1.77. The van der Waals surface area contributed by atoms with Crippen molar-refractivity contribution in [3.05, 3.63) is 63.7 Å². The Morgan fingerprint density at radius 3 is 2.50 bits per heavy atom. The molecule has 0 saturated carbocycles. The van der Waals surface area contributed by atoms with Crippen molar-refractivity contribution < 1.29 is 4.42 Å². The van der Waals surface area contributed by atoms with Crippen molar-refractivity contribution in [2.24, 2.45) is 10.1 Å². The van der Waals surface area contributed by atoms with Gasteiger partial charge in [0.25, 0.3) is 0 Å². The molecule has 22 heavy (non-hydrogen) atoms. The summed E-state index contributed by atoms with van der Waals surface area (Å²) in [6.45, 7) is 4.00. The zero-order valence-corrected chi connectivity index (χ0v) is 13.6. The number of thiazole rings is 1. The van der Waals surface area contributed by atoms with Gasteiger partial charge in [0, 0.05) is 18.0 Å². The highest BCUT2D eigenvalue weighted by Gasteiger charge is 2.07. The third-order valence-electron chi connectivity index (χ3n) is 3.29. The molecule has 3 rings (SSSR count). The van der Waals surface area contributed by atoms with Gasteiger partial charge < -0.3 is 4.42 Å². The van der Waals surface area contributed by atoms with Crippen LogP contribution in [0.15, 0.2) is 56.3 Å². The molecule has 0 atom stereocenters. The molecule has 3 aromatic rings. The molecule has 0 aliphatic rings. The molecule has 0 amide bonds. The van der Waals surface area contributed by atoms with E-state index in [1.165, 1.54) is 5.56 Å². The van der Waals surface area contributed by atoms with Crippen molar-refractivity contribution in [3.8, 4) is 11.3 Å². The molecule has 0 bridgehead atoms. The number of furan rings is 1. The largest absolute Gasteiger partial charge is 0.460 e. The minimum Gasteiger partial charge on any atom is -0.460 e. The van der Waals surface area contributed by atoms with Crippen LogP contribution in [-0.4, -0.2) is 17.9 Å². The van der Waals surface area contributed by atoms with E-state index in [1.807, 2.05) is 23.7 Å². The fourth-order valence-electron chi connectivity index (χ4n) is 2.12. The lowest BCUT2D eigenvalue weighted by Crippen LogP contribution is -2.11. The lowest BCUT2D eigenvalue weighted by Gasteiger charge is -2.03. The number of nitrogens with zero attached hydrogens (tertiary/aromatic N) is 3. The first-order valence-corrected chi connectivity index (χ1v) is 7.86. The van der Waals surface area contributed by atoms with Gasteiger partial charge in [-0.3, -0.25) is 4.99 Å². The Hall–Kier alpha value is -2.40. The first-order valence-electron chi connectivity index (χ1n) is 6.98. The van der Waals surface area contributed by atoms with E-state index in [4.69, 9.17) is 4.42 Å². The van der Waals surface area contributed by atoms with E-state index in [2.05, 4.69) is 46.7 Å². The predicted molar refractivity (Wildman–Crippen MR) is 90.4 cm³/mol. The highest BCUT2D eigenvalue weighted by Crippen LogP contribution is 2.20. The summed E-state index contributed by atoms with van der Waals surface area (Å²) in [5.74, 6) is 1.60. The van der Waals surface area contributed by atoms with Crippen molar-refractivity contribution >= 4 is 17.6 Å². The van der Waals surface area contributed by atoms with Gasteiger partial charge in [-0.2, -0.15) is 5.10 Å². The highest BCUT2D eigenvalue weighted by molar-refractivity contribution is 7.07. The Kier molecular flexibility index (Phi) is 4.06. The van der Waals surface area contributed by atoms with Crippen LogP contribution >= 0.6 is 11.3 Å². The maximum atomic E-state index is 5.53. The molecule has 0 unspecified atom stereocenters. The molecule has 1 aromatic carbocycles. The second kappa shape index (κ2) is 6.15. The summed E-state index contributed by atoms with van der Waals surface area (Å²) in [4.78, 5) is 5.13. The number of hydrogen-bond acceptors (Lipinski definition) is 4. The van der Waals surface area contributed by atoms with E-state index in [0.717, 1.165) is 27.6 Å². The highest BCUT2D eigenvalue weighted by atomic mass is 32.1. The second-order valence-corrected chi connectivity index (χ2v) is 5.83. The van der Waals surface area contributed by atoms with Gasteiger partial charge in [-0.15, -0.1) is 11.3 Å². The minimum absolute atomic E-state index is 0.730. The van der Waals surface area contributed by atoms with Gasteiger partial charge >= 0.3 is 0 Å². The summed E-state index contributed by atoms with van der Waals surface area (Å²) in [5, 5.41) is 6.60. The molecule has 4 nitrogen and oxygen atoms in total. The van der Waals surface area contributed by atoms with Crippen LogP contribution in [0.3, 0.4) is 0 Å². The Morgan fingerprint density at radius 1 is 1.09 bits per heavy atom. The van der Waals surface area contributed by atoms with Crippen molar-refractivity contribution in [2.45, 2.75) is 13.8 Å². The summed E-state index contributed by atoms with van der Waals surface area (Å²) in [6.07, 6.45) is 1.71. The minimum atomic E-state index is 0.730. The lowest BCUT2D eigenvalue weighted by atomic mass is 10.1. The van der Waals surface area contributed by atoms with E-state index in [1.54, 1.807) is 24.6 Å². The van der Waals surface area contributed by atoms with Gasteiger partial charge in [-0.1, -0.05) is 29.8 Å². The Morgan fingerprint density at radius 2 is 1.86 bits per heavy atom. The van der Waals surface area contributed by atoms with Crippen molar-refractivity contribution in [1.82, 2.24) is 4.68 Å². The van der Waals surface area contributed by atoms with Gasteiger partial charge in [-0.05, 0) is 26.0 Å².